The van der Waals surface area contributed by atoms with Gasteiger partial charge in [-0.05, 0) is 39.4 Å². The predicted octanol–water partition coefficient (Wildman–Crippen LogP) is 11.8. The van der Waals surface area contributed by atoms with Crippen molar-refractivity contribution in [3.8, 4) is 56.2 Å². The first-order valence-electron chi connectivity index (χ1n) is 15.8. The Bertz CT molecular complexity index is 2360. The van der Waals surface area contributed by atoms with Gasteiger partial charge in [0, 0.05) is 42.3 Å². The van der Waals surface area contributed by atoms with Crippen LogP contribution in [0, 0.1) is 0 Å². The zero-order valence-corrected chi connectivity index (χ0v) is 26.5. The largest absolute Gasteiger partial charge is 0.228 e. The molecule has 218 valence electrons. The summed E-state index contributed by atoms with van der Waals surface area (Å²) in [6.45, 7) is 4.75. The molecule has 0 unspecified atom stereocenters. The average Bonchev–Trinajstić information content (AvgIpc) is 3.61. The topological polar surface area (TPSA) is 25.8 Å². The summed E-state index contributed by atoms with van der Waals surface area (Å²) in [7, 11) is 0. The van der Waals surface area contributed by atoms with E-state index in [1.54, 1.807) is 0 Å². The molecular formula is C43H30N2S. The molecule has 0 N–H and O–H groups in total. The molecule has 0 aliphatic heterocycles. The van der Waals surface area contributed by atoms with Crippen LogP contribution in [-0.2, 0) is 5.41 Å². The highest BCUT2D eigenvalue weighted by Gasteiger charge is 2.37. The van der Waals surface area contributed by atoms with Gasteiger partial charge in [0.25, 0.3) is 0 Å². The summed E-state index contributed by atoms with van der Waals surface area (Å²) in [6.07, 6.45) is 0. The van der Waals surface area contributed by atoms with Crippen LogP contribution in [-0.4, -0.2) is 9.97 Å². The van der Waals surface area contributed by atoms with E-state index in [1.807, 2.05) is 23.5 Å². The minimum Gasteiger partial charge on any atom is -0.228 e. The Morgan fingerprint density at radius 2 is 1.04 bits per heavy atom. The van der Waals surface area contributed by atoms with Gasteiger partial charge in [-0.25, -0.2) is 9.97 Å². The molecule has 1 aliphatic rings. The molecule has 8 aromatic rings. The van der Waals surface area contributed by atoms with Gasteiger partial charge in [0.1, 0.15) is 0 Å². The molecule has 2 nitrogen and oxygen atoms in total. The average molecular weight is 607 g/mol. The van der Waals surface area contributed by atoms with Crippen LogP contribution >= 0.6 is 11.3 Å². The van der Waals surface area contributed by atoms with Crippen molar-refractivity contribution >= 4 is 31.5 Å². The van der Waals surface area contributed by atoms with E-state index >= 15 is 0 Å². The Labute approximate surface area is 272 Å². The van der Waals surface area contributed by atoms with E-state index in [-0.39, 0.29) is 5.41 Å². The SMILES string of the molecule is CC1(C)c2ccccc2-c2ccc3c(sc4c(-c5ccc(-c6nc(-c7ccccc7)cc(-c7ccccc7)n6)cc5)cccc43)c21. The van der Waals surface area contributed by atoms with Crippen molar-refractivity contribution in [1.82, 2.24) is 9.97 Å². The molecule has 0 amide bonds. The van der Waals surface area contributed by atoms with Crippen molar-refractivity contribution in [2.24, 2.45) is 0 Å². The van der Waals surface area contributed by atoms with Gasteiger partial charge >= 0.3 is 0 Å². The summed E-state index contributed by atoms with van der Waals surface area (Å²) in [5, 5.41) is 2.67. The van der Waals surface area contributed by atoms with Crippen molar-refractivity contribution < 1.29 is 0 Å². The van der Waals surface area contributed by atoms with Crippen LogP contribution in [0.4, 0.5) is 0 Å². The predicted molar refractivity (Wildman–Crippen MR) is 194 cm³/mol. The zero-order valence-electron chi connectivity index (χ0n) is 25.7. The number of rotatable bonds is 4. The maximum Gasteiger partial charge on any atom is 0.160 e. The lowest BCUT2D eigenvalue weighted by atomic mass is 9.82. The van der Waals surface area contributed by atoms with E-state index in [1.165, 1.54) is 53.6 Å². The van der Waals surface area contributed by atoms with Gasteiger partial charge in [-0.2, -0.15) is 0 Å². The smallest absolute Gasteiger partial charge is 0.160 e. The van der Waals surface area contributed by atoms with Gasteiger partial charge in [0.2, 0.25) is 0 Å². The lowest BCUT2D eigenvalue weighted by Gasteiger charge is -2.22. The van der Waals surface area contributed by atoms with Crippen molar-refractivity contribution in [2.45, 2.75) is 19.3 Å². The maximum absolute atomic E-state index is 5.04. The number of benzene rings is 6. The van der Waals surface area contributed by atoms with Gasteiger partial charge in [-0.15, -0.1) is 11.3 Å². The van der Waals surface area contributed by atoms with Crippen LogP contribution in [0.1, 0.15) is 25.0 Å². The summed E-state index contributed by atoms with van der Waals surface area (Å²) in [5.74, 6) is 0.726. The molecular weight excluding hydrogens is 577 g/mol. The Kier molecular flexibility index (Phi) is 6.06. The van der Waals surface area contributed by atoms with E-state index in [0.717, 1.165) is 33.9 Å². The van der Waals surface area contributed by atoms with E-state index in [4.69, 9.17) is 9.97 Å². The molecule has 9 rings (SSSR count). The number of nitrogens with zero attached hydrogens (tertiary/aromatic N) is 2. The van der Waals surface area contributed by atoms with E-state index < -0.39 is 0 Å². The molecule has 0 bridgehead atoms. The Hall–Kier alpha value is -5.38. The highest BCUT2D eigenvalue weighted by molar-refractivity contribution is 7.26. The van der Waals surface area contributed by atoms with Crippen LogP contribution in [0.5, 0.6) is 0 Å². The van der Waals surface area contributed by atoms with E-state index in [0.29, 0.717) is 0 Å². The minimum atomic E-state index is -0.0407. The maximum atomic E-state index is 5.04. The summed E-state index contributed by atoms with van der Waals surface area (Å²) in [5.41, 5.74) is 13.0. The lowest BCUT2D eigenvalue weighted by molar-refractivity contribution is 0.667. The molecule has 0 saturated carbocycles. The van der Waals surface area contributed by atoms with Gasteiger partial charge in [-0.1, -0.05) is 153 Å². The molecule has 2 aromatic heterocycles. The second-order valence-electron chi connectivity index (χ2n) is 12.6. The third-order valence-electron chi connectivity index (χ3n) is 9.50. The number of hydrogen-bond donors (Lipinski definition) is 0. The summed E-state index contributed by atoms with van der Waals surface area (Å²) < 4.78 is 2.73. The Balaban J connectivity index is 1.16. The molecule has 3 heteroatoms. The quantitative estimate of drug-likeness (QED) is 0.199. The second-order valence-corrected chi connectivity index (χ2v) is 13.6. The second kappa shape index (κ2) is 10.3. The standard InChI is InChI=1S/C43H30N2S/c1-43(2)36-19-10-9-16-32(36)33-24-25-35-34-18-11-17-31(40(34)46-41(35)39(33)43)27-20-22-30(23-21-27)42-44-37(28-12-5-3-6-13-28)26-38(45-42)29-14-7-4-8-15-29/h3-26H,1-2H3. The highest BCUT2D eigenvalue weighted by Crippen LogP contribution is 2.54. The fourth-order valence-electron chi connectivity index (χ4n) is 7.22. The number of aromatic nitrogens is 2. The fraction of sp³-hybridized carbons (Fsp3) is 0.0698. The highest BCUT2D eigenvalue weighted by atomic mass is 32.1. The third-order valence-corrected chi connectivity index (χ3v) is 10.8. The van der Waals surface area contributed by atoms with Gasteiger partial charge < -0.3 is 0 Å². The van der Waals surface area contributed by atoms with Gasteiger partial charge in [0.15, 0.2) is 5.82 Å². The van der Waals surface area contributed by atoms with Crippen LogP contribution in [0.3, 0.4) is 0 Å². The van der Waals surface area contributed by atoms with Crippen LogP contribution < -0.4 is 0 Å². The first-order valence-corrected chi connectivity index (χ1v) is 16.6. The minimum absolute atomic E-state index is 0.0407. The van der Waals surface area contributed by atoms with Crippen molar-refractivity contribution in [2.75, 3.05) is 0 Å². The molecule has 6 aromatic carbocycles. The summed E-state index contributed by atoms with van der Waals surface area (Å²) >= 11 is 1.94. The molecule has 2 heterocycles. The van der Waals surface area contributed by atoms with Crippen LogP contribution in [0.25, 0.3) is 76.3 Å². The van der Waals surface area contributed by atoms with E-state index in [2.05, 4.69) is 147 Å². The van der Waals surface area contributed by atoms with Crippen molar-refractivity contribution in [1.29, 1.82) is 0 Å². The molecule has 46 heavy (non-hydrogen) atoms. The normalized spacial score (nSPS) is 13.2. The molecule has 0 atom stereocenters. The van der Waals surface area contributed by atoms with Crippen LogP contribution in [0.15, 0.2) is 146 Å². The fourth-order valence-corrected chi connectivity index (χ4v) is 8.76. The molecule has 0 spiro atoms. The summed E-state index contributed by atoms with van der Waals surface area (Å²) in [6, 6.07) is 51.8. The lowest BCUT2D eigenvalue weighted by Crippen LogP contribution is -2.14. The third kappa shape index (κ3) is 4.16. The monoisotopic (exact) mass is 606 g/mol. The van der Waals surface area contributed by atoms with Crippen molar-refractivity contribution in [3.05, 3.63) is 157 Å². The molecule has 0 saturated heterocycles. The van der Waals surface area contributed by atoms with Crippen molar-refractivity contribution in [3.63, 3.8) is 0 Å². The van der Waals surface area contributed by atoms with E-state index in [9.17, 15) is 0 Å². The summed E-state index contributed by atoms with van der Waals surface area (Å²) in [4.78, 5) is 10.1. The first kappa shape index (κ1) is 27.0. The van der Waals surface area contributed by atoms with Crippen LogP contribution in [0.2, 0.25) is 0 Å². The molecule has 0 fully saturated rings. The molecule has 0 radical (unpaired) electrons. The number of fused-ring (bicyclic) bond motifs is 7. The zero-order chi connectivity index (χ0) is 30.8. The Morgan fingerprint density at radius 3 is 1.74 bits per heavy atom. The number of thiophene rings is 1. The number of hydrogen-bond acceptors (Lipinski definition) is 3. The van der Waals surface area contributed by atoms with Gasteiger partial charge in [0.05, 0.1) is 11.4 Å². The first-order chi connectivity index (χ1) is 22.6. The molecule has 1 aliphatic carbocycles. The van der Waals surface area contributed by atoms with Gasteiger partial charge in [-0.3, -0.25) is 0 Å². The Morgan fingerprint density at radius 1 is 0.457 bits per heavy atom.